The van der Waals surface area contributed by atoms with Crippen molar-refractivity contribution in [1.29, 1.82) is 0 Å². The maximum absolute atomic E-state index is 11.4. The van der Waals surface area contributed by atoms with Gasteiger partial charge in [0.1, 0.15) is 44.8 Å². The summed E-state index contributed by atoms with van der Waals surface area (Å²) >= 11 is 0. The molecular weight excluding hydrogens is 1120 g/mol. The molecule has 2 aliphatic heterocycles. The fourth-order valence-corrected chi connectivity index (χ4v) is 11.1. The molecule has 9 rings (SSSR count). The van der Waals surface area contributed by atoms with Gasteiger partial charge in [-0.1, -0.05) is 12.8 Å². The highest BCUT2D eigenvalue weighted by Crippen LogP contribution is 2.41. The minimum absolute atomic E-state index is 0.0967. The van der Waals surface area contributed by atoms with Gasteiger partial charge in [0, 0.05) is 104 Å². The van der Waals surface area contributed by atoms with Crippen LogP contribution in [0.1, 0.15) is 134 Å². The number of hydrogen-bond acceptors (Lipinski definition) is 24. The van der Waals surface area contributed by atoms with E-state index in [9.17, 15) is 19.8 Å². The van der Waals surface area contributed by atoms with Gasteiger partial charge in [-0.25, -0.2) is 69.8 Å². The normalized spacial score (nSPS) is 11.7. The van der Waals surface area contributed by atoms with E-state index in [0.717, 1.165) is 0 Å². The molecule has 0 spiro atoms. The van der Waals surface area contributed by atoms with Crippen molar-refractivity contribution in [2.75, 3.05) is 132 Å². The van der Waals surface area contributed by atoms with Gasteiger partial charge in [-0.3, -0.25) is 9.59 Å². The molecule has 0 aromatic carbocycles. The molecule has 0 saturated heterocycles. The monoisotopic (exact) mass is 1210 g/mol. The number of carboxylic acids is 2. The van der Waals surface area contributed by atoms with Crippen molar-refractivity contribution in [3.8, 4) is 46.1 Å². The topological polar surface area (TPSA) is 330 Å². The Kier molecular flexibility index (Phi) is 20.7. The Morgan fingerprint density at radius 2 is 0.580 bits per heavy atom. The van der Waals surface area contributed by atoms with Crippen molar-refractivity contribution in [3.05, 3.63) is 0 Å². The van der Waals surface area contributed by atoms with E-state index in [0.29, 0.717) is 238 Å². The number of nitrogens with one attached hydrogen (secondary N) is 4. The van der Waals surface area contributed by atoms with Crippen LogP contribution in [-0.4, -0.2) is 194 Å². The molecule has 28 nitrogen and oxygen atoms in total. The number of aromatic nitrogens is 16. The predicted octanol–water partition coefficient (Wildman–Crippen LogP) is 9.22. The number of H-pyrrole nitrogens is 2. The minimum Gasteiger partial charge on any atom is -0.481 e. The first-order valence-electron chi connectivity index (χ1n) is 31.7. The summed E-state index contributed by atoms with van der Waals surface area (Å²) < 4.78 is 0. The van der Waals surface area contributed by atoms with Gasteiger partial charge in [-0.15, -0.1) is 0 Å². The predicted molar refractivity (Wildman–Crippen MR) is 349 cm³/mol. The summed E-state index contributed by atoms with van der Waals surface area (Å²) in [5.41, 5.74) is 4.39. The van der Waals surface area contributed by atoms with Crippen molar-refractivity contribution in [2.45, 2.75) is 134 Å². The molecule has 0 saturated carbocycles. The highest BCUT2D eigenvalue weighted by atomic mass is 16.4. The number of aromatic amines is 2. The molecule has 9 heterocycles. The first kappa shape index (κ1) is 63.5. The molecule has 0 atom stereocenters. The van der Waals surface area contributed by atoms with E-state index in [-0.39, 0.29) is 41.8 Å². The van der Waals surface area contributed by atoms with Crippen LogP contribution >= 0.6 is 0 Å². The van der Waals surface area contributed by atoms with Crippen LogP contribution in [0.2, 0.25) is 0 Å². The average Bonchev–Trinajstić information content (AvgIpc) is 1.73. The number of carboxylic acid groups (broad SMARTS) is 2. The number of nitrogens with zero attached hydrogens (tertiary/aromatic N) is 20. The third-order valence-electron chi connectivity index (χ3n) is 16.1. The Hall–Kier alpha value is -8.98. The molecule has 0 aliphatic carbocycles. The van der Waals surface area contributed by atoms with Gasteiger partial charge < -0.3 is 60.2 Å². The van der Waals surface area contributed by atoms with Crippen LogP contribution in [0.5, 0.6) is 0 Å². The molecule has 6 N–H and O–H groups in total. The molecule has 7 aromatic heterocycles. The van der Waals surface area contributed by atoms with E-state index in [2.05, 4.69) is 133 Å². The van der Waals surface area contributed by atoms with Gasteiger partial charge in [-0.05, 0) is 109 Å². The molecule has 0 unspecified atom stereocenters. The molecule has 0 amide bonds. The quantitative estimate of drug-likeness (QED) is 0.0214. The lowest BCUT2D eigenvalue weighted by molar-refractivity contribution is -0.138. The van der Waals surface area contributed by atoms with Gasteiger partial charge in [-0.2, -0.15) is 0 Å². The lowest BCUT2D eigenvalue weighted by Crippen LogP contribution is -2.30. The van der Waals surface area contributed by atoms with Crippen LogP contribution in [-0.2, 0) is 9.59 Å². The third kappa shape index (κ3) is 13.0. The fourth-order valence-electron chi connectivity index (χ4n) is 11.1. The Labute approximate surface area is 513 Å². The maximum Gasteiger partial charge on any atom is 0.303 e. The van der Waals surface area contributed by atoms with Crippen LogP contribution in [0.3, 0.4) is 0 Å². The summed E-state index contributed by atoms with van der Waals surface area (Å²) in [6.45, 7) is 33.9. The largest absolute Gasteiger partial charge is 0.481 e. The van der Waals surface area contributed by atoms with Crippen LogP contribution in [0, 0.1) is 0 Å². The van der Waals surface area contributed by atoms with E-state index in [1.165, 1.54) is 0 Å². The second-order valence-electron chi connectivity index (χ2n) is 21.2. The van der Waals surface area contributed by atoms with E-state index < -0.39 is 11.9 Å². The second kappa shape index (κ2) is 28.7. The van der Waals surface area contributed by atoms with Crippen LogP contribution in [0.15, 0.2) is 0 Å². The van der Waals surface area contributed by atoms with E-state index in [1.54, 1.807) is 0 Å². The van der Waals surface area contributed by atoms with E-state index in [4.69, 9.17) is 69.8 Å². The number of hydrogen-bond donors (Lipinski definition) is 6. The second-order valence-corrected chi connectivity index (χ2v) is 21.2. The molecule has 470 valence electrons. The zero-order valence-electron chi connectivity index (χ0n) is 53.2. The summed E-state index contributed by atoms with van der Waals surface area (Å²) in [6.07, 6.45) is 4.11. The molecule has 28 heteroatoms. The summed E-state index contributed by atoms with van der Waals surface area (Å²) in [4.78, 5) is 118. The van der Waals surface area contributed by atoms with Crippen molar-refractivity contribution < 1.29 is 19.8 Å². The first-order valence-corrected chi connectivity index (χ1v) is 31.7. The highest BCUT2D eigenvalue weighted by Gasteiger charge is 2.32. The number of anilines is 8. The first-order chi connectivity index (χ1) is 42.7. The Morgan fingerprint density at radius 3 is 0.909 bits per heavy atom. The lowest BCUT2D eigenvalue weighted by Gasteiger charge is -2.28. The maximum atomic E-state index is 11.4. The SMILES string of the molecule is CCN(CC)c1nc2c(nc1NCCCCCC(=O)O)-c1nc-2nc2[nH]c(nc3nc(nc4[nH]c(n1)c1nc(N(CC)CC)c(N(CC)CC)nc41)-c1nc(N(CC)CC)c(N(CC)CC)nc1-3)c1nc(N(CC)CC)c(NCCCCCC(=O)O)nc21. The molecule has 0 radical (unpaired) electrons. The standard InChI is InChI=1S/C60H86N24O4/c1-13-79(14-2)55-53(61-33-29-25-27-31-35(85)86)63-37-39(65-55)47-71-45-38-40(66-56(80(15-3)16-4)54(64-38)62-34-30-26-28-32-36(87)88)48(73-45)75-50-43-44(70-60(84(23-11)24-12)59(69-43)83(21-9)22-10)52(77-50)78-51-42-41(49(76-51)74-46(37)72-47)67-57(81(17-5)18-6)58(68-42)82(19-7)20-8/h13-34H2,1-12H3,(H,61,63)(H,62,64)(H,85,86)(H,87,88)(H2,71,72,73,74,75,76,77,78). The van der Waals surface area contributed by atoms with Crippen LogP contribution in [0.25, 0.3) is 90.7 Å². The molecular formula is C60H86N24O4. The van der Waals surface area contributed by atoms with Gasteiger partial charge in [0.2, 0.25) is 0 Å². The third-order valence-corrected chi connectivity index (χ3v) is 16.1. The zero-order chi connectivity index (χ0) is 62.8. The summed E-state index contributed by atoms with van der Waals surface area (Å²) in [7, 11) is 0. The lowest BCUT2D eigenvalue weighted by atomic mass is 10.2. The van der Waals surface area contributed by atoms with Crippen molar-refractivity contribution in [3.63, 3.8) is 0 Å². The fraction of sp³-hybridized carbons (Fsp3) is 0.567. The molecule has 0 fully saturated rings. The average molecular weight is 1210 g/mol. The zero-order valence-corrected chi connectivity index (χ0v) is 53.2. The van der Waals surface area contributed by atoms with Crippen molar-refractivity contribution in [2.24, 2.45) is 0 Å². The minimum atomic E-state index is -0.820. The molecule has 7 aromatic rings. The summed E-state index contributed by atoms with van der Waals surface area (Å²) in [6, 6.07) is 0. The molecule has 2 aliphatic rings. The number of aliphatic carboxylic acids is 2. The molecule has 88 heavy (non-hydrogen) atoms. The Morgan fingerprint density at radius 1 is 0.318 bits per heavy atom. The van der Waals surface area contributed by atoms with E-state index in [1.807, 2.05) is 0 Å². The number of rotatable bonds is 32. The Bertz CT molecular complexity index is 3790. The highest BCUT2D eigenvalue weighted by molar-refractivity contribution is 6.03. The van der Waals surface area contributed by atoms with Crippen molar-refractivity contribution in [1.82, 2.24) is 79.7 Å². The van der Waals surface area contributed by atoms with Gasteiger partial charge in [0.15, 0.2) is 92.4 Å². The summed E-state index contributed by atoms with van der Waals surface area (Å²) in [5.74, 6) is 4.16. The molecule has 8 bridgehead atoms. The number of carbonyl (C=O) groups is 2. The smallest absolute Gasteiger partial charge is 0.303 e. The van der Waals surface area contributed by atoms with Gasteiger partial charge >= 0.3 is 11.9 Å². The number of fused-ring (bicyclic) bond motifs is 20. The number of unbranched alkanes of at least 4 members (excludes halogenated alkanes) is 4. The van der Waals surface area contributed by atoms with Crippen LogP contribution < -0.4 is 40.0 Å². The van der Waals surface area contributed by atoms with Crippen molar-refractivity contribution >= 4 is 103 Å². The van der Waals surface area contributed by atoms with E-state index >= 15 is 0 Å². The van der Waals surface area contributed by atoms with Crippen LogP contribution in [0.4, 0.5) is 46.5 Å². The Balaban J connectivity index is 1.44. The van der Waals surface area contributed by atoms with Gasteiger partial charge in [0.25, 0.3) is 0 Å². The summed E-state index contributed by atoms with van der Waals surface area (Å²) in [5, 5.41) is 25.8. The van der Waals surface area contributed by atoms with Gasteiger partial charge in [0.05, 0.1) is 0 Å².